The van der Waals surface area contributed by atoms with Crippen molar-refractivity contribution in [2.45, 2.75) is 39.5 Å². The van der Waals surface area contributed by atoms with Gasteiger partial charge in [-0.3, -0.25) is 0 Å². The van der Waals surface area contributed by atoms with Gasteiger partial charge in [-0.25, -0.2) is 4.99 Å². The zero-order chi connectivity index (χ0) is 43.1. The maximum atomic E-state index is 6.83. The third-order valence-corrected chi connectivity index (χ3v) is 13.1. The second-order valence-corrected chi connectivity index (χ2v) is 17.3. The number of nitrogens with two attached hydrogens (primary N) is 1. The smallest absolute Gasteiger partial charge is 0.131 e. The van der Waals surface area contributed by atoms with Crippen molar-refractivity contribution in [2.24, 2.45) is 16.6 Å². The number of hydrogen-bond donors (Lipinski definition) is 1. The fourth-order valence-corrected chi connectivity index (χ4v) is 10.2. The molecule has 0 saturated heterocycles. The summed E-state index contributed by atoms with van der Waals surface area (Å²) in [7, 11) is 0. The van der Waals surface area contributed by atoms with Crippen LogP contribution in [0.25, 0.3) is 71.8 Å². The van der Waals surface area contributed by atoms with Gasteiger partial charge in [-0.05, 0) is 98.8 Å². The largest absolute Gasteiger partial charge is 0.383 e. The van der Waals surface area contributed by atoms with E-state index in [0.717, 1.165) is 34.3 Å². The van der Waals surface area contributed by atoms with Gasteiger partial charge in [-0.1, -0.05) is 203 Å². The van der Waals surface area contributed by atoms with Gasteiger partial charge >= 0.3 is 0 Å². The first-order valence-electron chi connectivity index (χ1n) is 22.1. The van der Waals surface area contributed by atoms with Crippen molar-refractivity contribution >= 4 is 49.7 Å². The summed E-state index contributed by atoms with van der Waals surface area (Å²) in [5, 5.41) is 4.83. The van der Waals surface area contributed by atoms with Crippen LogP contribution < -0.4 is 5.73 Å². The Kier molecular flexibility index (Phi) is 10.3. The van der Waals surface area contributed by atoms with Crippen molar-refractivity contribution < 1.29 is 0 Å². The summed E-state index contributed by atoms with van der Waals surface area (Å²) in [6.45, 7) is 9.20. The molecule has 1 aliphatic carbocycles. The highest BCUT2D eigenvalue weighted by Crippen LogP contribution is 2.50. The molecule has 0 aliphatic heterocycles. The molecule has 0 bridgehead atoms. The molecule has 306 valence electrons. The lowest BCUT2D eigenvalue weighted by Gasteiger charge is -2.29. The zero-order valence-electron chi connectivity index (χ0n) is 36.4. The highest BCUT2D eigenvalue weighted by Gasteiger charge is 2.38. The Balaban J connectivity index is 1.03. The minimum absolute atomic E-state index is 0.0933. The molecule has 3 nitrogen and oxygen atoms in total. The number of amidine groups is 1. The maximum absolute atomic E-state index is 6.83. The number of aromatic nitrogens is 1. The lowest BCUT2D eigenvalue weighted by atomic mass is 9.75. The number of nitrogens with zero attached hydrogens (tertiary/aromatic N) is 2. The summed E-state index contributed by atoms with van der Waals surface area (Å²) in [5.74, 6) is 0.760. The first-order valence-corrected chi connectivity index (χ1v) is 22.1. The van der Waals surface area contributed by atoms with Crippen molar-refractivity contribution in [3.05, 3.63) is 234 Å². The Labute approximate surface area is 370 Å². The predicted octanol–water partition coefficient (Wildman–Crippen LogP) is 15.4. The molecule has 3 heteroatoms. The van der Waals surface area contributed by atoms with E-state index in [1.807, 2.05) is 30.3 Å². The SMILES string of the molecule is C/C=C\C1=C(C(C)C/C=C(\N=C(/N)c2ccccc2)c2ccc(-c3ccc(-c4ccc5c6ccccc6n(-c6ccccc6)c5c4)cc3)c3ccccc23)C(C)(C)c2ccccc21. The lowest BCUT2D eigenvalue weighted by molar-refractivity contribution is 0.533. The van der Waals surface area contributed by atoms with Gasteiger partial charge in [0.25, 0.3) is 0 Å². The number of rotatable bonds is 10. The Bertz CT molecular complexity index is 3290. The molecule has 1 unspecified atom stereocenters. The monoisotopic (exact) mass is 813 g/mol. The summed E-state index contributed by atoms with van der Waals surface area (Å²) < 4.78 is 2.38. The van der Waals surface area contributed by atoms with E-state index < -0.39 is 0 Å². The lowest BCUT2D eigenvalue weighted by Crippen LogP contribution is -2.21. The molecule has 1 heterocycles. The van der Waals surface area contributed by atoms with Crippen molar-refractivity contribution in [1.29, 1.82) is 0 Å². The number of hydrogen-bond acceptors (Lipinski definition) is 1. The van der Waals surface area contributed by atoms with Gasteiger partial charge in [0.15, 0.2) is 0 Å². The summed E-state index contributed by atoms with van der Waals surface area (Å²) in [6.07, 6.45) is 7.58. The Morgan fingerprint density at radius 2 is 1.22 bits per heavy atom. The van der Waals surface area contributed by atoms with Gasteiger partial charge in [0, 0.05) is 33.0 Å². The maximum Gasteiger partial charge on any atom is 0.131 e. The molecule has 0 fully saturated rings. The molecule has 9 aromatic rings. The van der Waals surface area contributed by atoms with Crippen LogP contribution in [0.1, 0.15) is 56.4 Å². The van der Waals surface area contributed by atoms with Crippen LogP contribution in [-0.4, -0.2) is 10.4 Å². The fourth-order valence-electron chi connectivity index (χ4n) is 10.2. The minimum atomic E-state index is -0.0933. The van der Waals surface area contributed by atoms with E-state index in [4.69, 9.17) is 10.7 Å². The number of benzene rings is 8. The van der Waals surface area contributed by atoms with Crippen LogP contribution in [0, 0.1) is 5.92 Å². The molecule has 10 rings (SSSR count). The molecule has 2 N–H and O–H groups in total. The average Bonchev–Trinajstić information content (AvgIpc) is 3.78. The van der Waals surface area contributed by atoms with Crippen LogP contribution in [0.2, 0.25) is 0 Å². The van der Waals surface area contributed by atoms with E-state index >= 15 is 0 Å². The first kappa shape index (κ1) is 39.6. The van der Waals surface area contributed by atoms with Crippen molar-refractivity contribution in [3.63, 3.8) is 0 Å². The minimum Gasteiger partial charge on any atom is -0.383 e. The van der Waals surface area contributed by atoms with Gasteiger partial charge in [0.2, 0.25) is 0 Å². The summed E-state index contributed by atoms with van der Waals surface area (Å²) in [6, 6.07) is 67.4. The molecule has 0 spiro atoms. The molecule has 1 aliphatic rings. The summed E-state index contributed by atoms with van der Waals surface area (Å²) in [5.41, 5.74) is 23.4. The molecular formula is C60H51N3. The first-order chi connectivity index (χ1) is 30.8. The van der Waals surface area contributed by atoms with Gasteiger partial charge in [-0.15, -0.1) is 0 Å². The second kappa shape index (κ2) is 16.4. The number of allylic oxidation sites excluding steroid dienone is 5. The van der Waals surface area contributed by atoms with Gasteiger partial charge in [0.1, 0.15) is 5.84 Å². The topological polar surface area (TPSA) is 43.3 Å². The van der Waals surface area contributed by atoms with E-state index in [2.05, 4.69) is 208 Å². The third-order valence-electron chi connectivity index (χ3n) is 13.1. The molecule has 1 atom stereocenters. The number of para-hydroxylation sites is 2. The van der Waals surface area contributed by atoms with Crippen molar-refractivity contribution in [3.8, 4) is 27.9 Å². The number of aliphatic imine (C=N–C) groups is 1. The van der Waals surface area contributed by atoms with Crippen molar-refractivity contribution in [1.82, 2.24) is 4.57 Å². The van der Waals surface area contributed by atoms with Crippen molar-refractivity contribution in [2.75, 3.05) is 0 Å². The van der Waals surface area contributed by atoms with Crippen LogP contribution in [0.4, 0.5) is 0 Å². The van der Waals surface area contributed by atoms with E-state index in [9.17, 15) is 0 Å². The predicted molar refractivity (Wildman–Crippen MR) is 269 cm³/mol. The van der Waals surface area contributed by atoms with E-state index in [-0.39, 0.29) is 11.3 Å². The second-order valence-electron chi connectivity index (χ2n) is 17.3. The summed E-state index contributed by atoms with van der Waals surface area (Å²) in [4.78, 5) is 5.23. The van der Waals surface area contributed by atoms with Gasteiger partial charge in [0.05, 0.1) is 16.7 Å². The average molecular weight is 814 g/mol. The normalized spacial score (nSPS) is 14.6. The quantitative estimate of drug-likeness (QED) is 0.108. The highest BCUT2D eigenvalue weighted by molar-refractivity contribution is 6.10. The van der Waals surface area contributed by atoms with Crippen LogP contribution >= 0.6 is 0 Å². The van der Waals surface area contributed by atoms with Gasteiger partial charge < -0.3 is 10.3 Å². The van der Waals surface area contributed by atoms with Gasteiger partial charge in [-0.2, -0.15) is 0 Å². The van der Waals surface area contributed by atoms with E-state index in [0.29, 0.717) is 5.84 Å². The standard InChI is InChI=1S/C60H51N3/c1-5-18-53-49-25-14-16-27-54(49)60(3,4)58(53)40(2)29-38-55(62-59(61)43-19-8-6-9-20-43)50-37-36-46(47-23-12-13-24-48(47)50)42-32-30-41(31-33-42)44-34-35-52-51-26-15-17-28-56(51)63(57(52)39-44)45-21-10-7-11-22-45/h5-28,30-40H,29H2,1-4H3,(H2,61,62)/b18-5-,55-38-. The van der Waals surface area contributed by atoms with Crippen LogP contribution in [0.15, 0.2) is 217 Å². The highest BCUT2D eigenvalue weighted by atomic mass is 15.0. The Morgan fingerprint density at radius 3 is 1.98 bits per heavy atom. The Morgan fingerprint density at radius 1 is 0.603 bits per heavy atom. The number of fused-ring (bicyclic) bond motifs is 5. The summed E-state index contributed by atoms with van der Waals surface area (Å²) >= 11 is 0. The molecule has 8 aromatic carbocycles. The fraction of sp³-hybridized carbons (Fsp3) is 0.117. The molecular weight excluding hydrogens is 763 g/mol. The molecule has 63 heavy (non-hydrogen) atoms. The van der Waals surface area contributed by atoms with E-state index in [1.54, 1.807) is 0 Å². The van der Waals surface area contributed by atoms with Crippen LogP contribution in [-0.2, 0) is 5.41 Å². The molecule has 1 aromatic heterocycles. The van der Waals surface area contributed by atoms with Crippen LogP contribution in [0.5, 0.6) is 0 Å². The molecule has 0 amide bonds. The molecule has 0 radical (unpaired) electrons. The van der Waals surface area contributed by atoms with Crippen LogP contribution in [0.3, 0.4) is 0 Å². The molecule has 0 saturated carbocycles. The third kappa shape index (κ3) is 7.10. The Hall–Kier alpha value is -7.49. The van der Waals surface area contributed by atoms with E-state index in [1.165, 1.54) is 71.7 Å². The zero-order valence-corrected chi connectivity index (χ0v) is 36.4.